The molecule has 8 heteroatoms. The molecular formula is C10H22N2O4S2. The lowest BCUT2D eigenvalue weighted by molar-refractivity contribution is 0.290. The van der Waals surface area contributed by atoms with Crippen molar-refractivity contribution < 1.29 is 16.8 Å². The van der Waals surface area contributed by atoms with E-state index >= 15 is 0 Å². The van der Waals surface area contributed by atoms with Gasteiger partial charge in [0.1, 0.15) is 0 Å². The Kier molecular flexibility index (Phi) is 4.47. The molecule has 1 aliphatic rings. The molecule has 0 bridgehead atoms. The topological polar surface area (TPSA) is 97.5 Å². The van der Waals surface area contributed by atoms with Crippen LogP contribution in [0.1, 0.15) is 20.3 Å². The van der Waals surface area contributed by atoms with Gasteiger partial charge in [0.25, 0.3) is 0 Å². The van der Waals surface area contributed by atoms with Crippen LogP contribution in [0, 0.1) is 5.41 Å². The van der Waals surface area contributed by atoms with Crippen LogP contribution in [-0.4, -0.2) is 58.0 Å². The summed E-state index contributed by atoms with van der Waals surface area (Å²) in [6, 6.07) is 0. The van der Waals surface area contributed by atoms with Gasteiger partial charge in [0.05, 0.1) is 16.8 Å². The molecule has 0 aromatic heterocycles. The fourth-order valence-electron chi connectivity index (χ4n) is 2.01. The van der Waals surface area contributed by atoms with Crippen LogP contribution in [0.25, 0.3) is 0 Å². The van der Waals surface area contributed by atoms with Crippen LogP contribution >= 0.6 is 0 Å². The average molecular weight is 298 g/mol. The Labute approximate surface area is 110 Å². The first kappa shape index (κ1) is 15.9. The van der Waals surface area contributed by atoms with Gasteiger partial charge in [-0.25, -0.2) is 21.1 Å². The highest BCUT2D eigenvalue weighted by Gasteiger charge is 2.40. The highest BCUT2D eigenvalue weighted by Crippen LogP contribution is 2.24. The van der Waals surface area contributed by atoms with Crippen molar-refractivity contribution in [1.82, 2.24) is 4.31 Å². The maximum Gasteiger partial charge on any atom is 0.217 e. The first-order chi connectivity index (χ1) is 8.00. The van der Waals surface area contributed by atoms with E-state index in [1.165, 1.54) is 11.4 Å². The zero-order valence-corrected chi connectivity index (χ0v) is 12.7. The molecule has 0 radical (unpaired) electrons. The third-order valence-corrected chi connectivity index (χ3v) is 7.47. The normalized spacial score (nSPS) is 24.6. The summed E-state index contributed by atoms with van der Waals surface area (Å²) in [5.74, 6) is -0.298. The van der Waals surface area contributed by atoms with Gasteiger partial charge in [-0.2, -0.15) is 0 Å². The van der Waals surface area contributed by atoms with Crippen molar-refractivity contribution in [2.24, 2.45) is 11.1 Å². The molecule has 1 unspecified atom stereocenters. The van der Waals surface area contributed by atoms with Gasteiger partial charge in [0.2, 0.25) is 10.0 Å². The second-order valence-corrected chi connectivity index (χ2v) is 10.2. The Bertz CT molecular complexity index is 496. The summed E-state index contributed by atoms with van der Waals surface area (Å²) in [5, 5.41) is -0.805. The SMILES string of the molecule is CN(CC(C)(C)CN)S(=O)(=O)C1CCS(=O)(=O)C1. The Morgan fingerprint density at radius 1 is 1.39 bits per heavy atom. The monoisotopic (exact) mass is 298 g/mol. The van der Waals surface area contributed by atoms with Crippen LogP contribution in [-0.2, 0) is 19.9 Å². The molecule has 1 atom stereocenters. The summed E-state index contributed by atoms with van der Waals surface area (Å²) >= 11 is 0. The maximum atomic E-state index is 12.2. The van der Waals surface area contributed by atoms with Gasteiger partial charge >= 0.3 is 0 Å². The Morgan fingerprint density at radius 3 is 2.33 bits per heavy atom. The summed E-state index contributed by atoms with van der Waals surface area (Å²) < 4.78 is 48.4. The standard InChI is InChI=1S/C10H22N2O4S2/c1-10(2,7-11)8-12(3)18(15,16)9-4-5-17(13,14)6-9/h9H,4-8,11H2,1-3H3. The number of hydrogen-bond donors (Lipinski definition) is 1. The van der Waals surface area contributed by atoms with Gasteiger partial charge in [0, 0.05) is 13.6 Å². The van der Waals surface area contributed by atoms with Crippen LogP contribution in [0.4, 0.5) is 0 Å². The Hall–Kier alpha value is -0.180. The van der Waals surface area contributed by atoms with Crippen molar-refractivity contribution in [3.63, 3.8) is 0 Å². The van der Waals surface area contributed by atoms with E-state index < -0.39 is 25.1 Å². The molecule has 1 heterocycles. The summed E-state index contributed by atoms with van der Waals surface area (Å²) in [5.41, 5.74) is 5.26. The molecule has 2 N–H and O–H groups in total. The summed E-state index contributed by atoms with van der Waals surface area (Å²) in [6.07, 6.45) is 0.193. The molecule has 108 valence electrons. The minimum atomic E-state index is -3.55. The van der Waals surface area contributed by atoms with Gasteiger partial charge < -0.3 is 5.73 Å². The van der Waals surface area contributed by atoms with Crippen molar-refractivity contribution in [2.45, 2.75) is 25.5 Å². The van der Waals surface area contributed by atoms with Gasteiger partial charge in [-0.05, 0) is 18.4 Å². The molecule has 0 aromatic carbocycles. The van der Waals surface area contributed by atoms with E-state index in [1.54, 1.807) is 0 Å². The molecule has 1 aliphatic heterocycles. The Morgan fingerprint density at radius 2 is 1.94 bits per heavy atom. The van der Waals surface area contributed by atoms with Gasteiger partial charge in [-0.3, -0.25) is 0 Å². The molecule has 0 aliphatic carbocycles. The zero-order chi connectivity index (χ0) is 14.2. The van der Waals surface area contributed by atoms with E-state index in [4.69, 9.17) is 5.73 Å². The summed E-state index contributed by atoms with van der Waals surface area (Å²) in [6.45, 7) is 4.42. The lowest BCUT2D eigenvalue weighted by Crippen LogP contribution is -2.43. The lowest BCUT2D eigenvalue weighted by Gasteiger charge is -2.29. The van der Waals surface area contributed by atoms with Crippen LogP contribution in [0.3, 0.4) is 0 Å². The highest BCUT2D eigenvalue weighted by atomic mass is 32.2. The molecule has 18 heavy (non-hydrogen) atoms. The smallest absolute Gasteiger partial charge is 0.217 e. The summed E-state index contributed by atoms with van der Waals surface area (Å²) in [7, 11) is -5.26. The van der Waals surface area contributed by atoms with Gasteiger partial charge in [0.15, 0.2) is 9.84 Å². The third kappa shape index (κ3) is 3.66. The third-order valence-electron chi connectivity index (χ3n) is 3.25. The van der Waals surface area contributed by atoms with E-state index in [0.29, 0.717) is 13.1 Å². The predicted molar refractivity (Wildman–Crippen MR) is 71.4 cm³/mol. The number of sulfonamides is 1. The largest absolute Gasteiger partial charge is 0.330 e. The average Bonchev–Trinajstić information content (AvgIpc) is 2.58. The molecule has 1 saturated heterocycles. The molecule has 6 nitrogen and oxygen atoms in total. The molecule has 1 rings (SSSR count). The minimum absolute atomic E-state index is 0.0367. The molecule has 0 saturated carbocycles. The maximum absolute atomic E-state index is 12.2. The Balaban J connectivity index is 2.82. The molecular weight excluding hydrogens is 276 g/mol. The lowest BCUT2D eigenvalue weighted by atomic mass is 9.94. The van der Waals surface area contributed by atoms with E-state index in [1.807, 2.05) is 13.8 Å². The highest BCUT2D eigenvalue weighted by molar-refractivity contribution is 7.95. The van der Waals surface area contributed by atoms with Crippen molar-refractivity contribution in [3.05, 3.63) is 0 Å². The first-order valence-electron chi connectivity index (χ1n) is 5.86. The van der Waals surface area contributed by atoms with Crippen LogP contribution in [0.5, 0.6) is 0 Å². The zero-order valence-electron chi connectivity index (χ0n) is 11.1. The first-order valence-corrected chi connectivity index (χ1v) is 9.18. The minimum Gasteiger partial charge on any atom is -0.330 e. The van der Waals surface area contributed by atoms with Gasteiger partial charge in [-0.15, -0.1) is 0 Å². The second-order valence-electron chi connectivity index (χ2n) is 5.69. The molecule has 0 spiro atoms. The predicted octanol–water partition coefficient (Wildman–Crippen LogP) is -0.580. The van der Waals surface area contributed by atoms with Crippen LogP contribution in [0.15, 0.2) is 0 Å². The number of hydrogen-bond acceptors (Lipinski definition) is 5. The molecule has 0 amide bonds. The van der Waals surface area contributed by atoms with E-state index in [9.17, 15) is 16.8 Å². The van der Waals surface area contributed by atoms with Crippen molar-refractivity contribution in [1.29, 1.82) is 0 Å². The fourth-order valence-corrected chi connectivity index (χ4v) is 6.46. The van der Waals surface area contributed by atoms with Crippen LogP contribution in [0.2, 0.25) is 0 Å². The number of sulfone groups is 1. The van der Waals surface area contributed by atoms with E-state index in [0.717, 1.165) is 0 Å². The van der Waals surface area contributed by atoms with Crippen LogP contribution < -0.4 is 5.73 Å². The van der Waals surface area contributed by atoms with Gasteiger partial charge in [-0.1, -0.05) is 13.8 Å². The van der Waals surface area contributed by atoms with Crippen molar-refractivity contribution in [3.8, 4) is 0 Å². The van der Waals surface area contributed by atoms with E-state index in [-0.39, 0.29) is 23.3 Å². The second kappa shape index (κ2) is 5.07. The van der Waals surface area contributed by atoms with E-state index in [2.05, 4.69) is 0 Å². The number of rotatable bonds is 5. The number of nitrogens with zero attached hydrogens (tertiary/aromatic N) is 1. The fraction of sp³-hybridized carbons (Fsp3) is 1.00. The summed E-state index contributed by atoms with van der Waals surface area (Å²) in [4.78, 5) is 0. The number of nitrogens with two attached hydrogens (primary N) is 1. The van der Waals surface area contributed by atoms with Crippen molar-refractivity contribution >= 4 is 19.9 Å². The quantitative estimate of drug-likeness (QED) is 0.732. The van der Waals surface area contributed by atoms with Crippen molar-refractivity contribution in [2.75, 3.05) is 31.6 Å². The molecule has 1 fully saturated rings. The molecule has 0 aromatic rings.